The first-order valence-corrected chi connectivity index (χ1v) is 4.39. The molecule has 2 heterocycles. The third-order valence-electron chi connectivity index (χ3n) is 2.59. The average molecular weight is 172 g/mol. The number of carbonyl (C=O) groups is 1. The van der Waals surface area contributed by atoms with Crippen LogP contribution in [0.4, 0.5) is 0 Å². The summed E-state index contributed by atoms with van der Waals surface area (Å²) < 4.78 is 2.00. The van der Waals surface area contributed by atoms with Gasteiger partial charge in [-0.15, -0.1) is 0 Å². The number of thiol groups is 1. The zero-order chi connectivity index (χ0) is 7.84. The zero-order valence-electron chi connectivity index (χ0n) is 6.29. The minimum Gasteiger partial charge on any atom is -0.355 e. The van der Waals surface area contributed by atoms with Gasteiger partial charge in [0, 0.05) is 31.5 Å². The predicted octanol–water partition coefficient (Wildman–Crippen LogP) is -0.101. The van der Waals surface area contributed by atoms with Gasteiger partial charge in [0.25, 0.3) is 0 Å². The molecule has 2 atom stereocenters. The molecule has 1 amide bonds. The fraction of sp³-hybridized carbons (Fsp3) is 0.857. The fourth-order valence-electron chi connectivity index (χ4n) is 1.93. The Labute approximate surface area is 71.7 Å². The third kappa shape index (κ3) is 1.25. The van der Waals surface area contributed by atoms with Gasteiger partial charge in [-0.3, -0.25) is 9.10 Å². The van der Waals surface area contributed by atoms with Crippen LogP contribution in [0.1, 0.15) is 6.42 Å². The first kappa shape index (κ1) is 7.43. The van der Waals surface area contributed by atoms with Crippen molar-refractivity contribution in [2.75, 3.05) is 19.6 Å². The molecule has 2 rings (SSSR count). The van der Waals surface area contributed by atoms with E-state index in [4.69, 9.17) is 0 Å². The van der Waals surface area contributed by atoms with Crippen LogP contribution >= 0.6 is 12.8 Å². The van der Waals surface area contributed by atoms with Crippen molar-refractivity contribution in [1.29, 1.82) is 0 Å². The summed E-state index contributed by atoms with van der Waals surface area (Å²) in [6.45, 7) is 2.74. The summed E-state index contributed by atoms with van der Waals surface area (Å²) in [7, 11) is 0. The molecule has 11 heavy (non-hydrogen) atoms. The lowest BCUT2D eigenvalue weighted by Gasteiger charge is -2.28. The first-order chi connectivity index (χ1) is 5.27. The summed E-state index contributed by atoms with van der Waals surface area (Å²) in [6, 6.07) is 0. The minimum atomic E-state index is 0.247. The van der Waals surface area contributed by atoms with Gasteiger partial charge in [0.15, 0.2) is 0 Å². The van der Waals surface area contributed by atoms with Crippen LogP contribution in [0, 0.1) is 11.8 Å². The molecule has 2 unspecified atom stereocenters. The van der Waals surface area contributed by atoms with Gasteiger partial charge < -0.3 is 5.32 Å². The molecule has 2 fully saturated rings. The standard InChI is InChI=1S/C7H12N2OS/c10-7-6-1-2-9(11)4-5(6)3-8-7/h5-6,11H,1-4H2,(H,8,10). The maximum atomic E-state index is 11.2. The van der Waals surface area contributed by atoms with Crippen molar-refractivity contribution >= 4 is 18.7 Å². The van der Waals surface area contributed by atoms with Gasteiger partial charge in [0.1, 0.15) is 0 Å². The molecule has 0 radical (unpaired) electrons. The van der Waals surface area contributed by atoms with Crippen molar-refractivity contribution in [3.63, 3.8) is 0 Å². The molecule has 0 bridgehead atoms. The third-order valence-corrected chi connectivity index (χ3v) is 2.95. The monoisotopic (exact) mass is 172 g/mol. The van der Waals surface area contributed by atoms with Crippen LogP contribution in [0.3, 0.4) is 0 Å². The van der Waals surface area contributed by atoms with Gasteiger partial charge in [-0.05, 0) is 6.42 Å². The van der Waals surface area contributed by atoms with Crippen LogP contribution in [-0.2, 0) is 4.79 Å². The van der Waals surface area contributed by atoms with E-state index in [0.29, 0.717) is 5.92 Å². The molecular weight excluding hydrogens is 160 g/mol. The molecule has 62 valence electrons. The van der Waals surface area contributed by atoms with Crippen molar-refractivity contribution in [2.24, 2.45) is 11.8 Å². The van der Waals surface area contributed by atoms with E-state index in [1.54, 1.807) is 0 Å². The summed E-state index contributed by atoms with van der Waals surface area (Å²) in [6.07, 6.45) is 0.972. The number of nitrogens with zero attached hydrogens (tertiary/aromatic N) is 1. The molecule has 2 saturated heterocycles. The second-order valence-corrected chi connectivity index (χ2v) is 3.88. The molecule has 0 aromatic carbocycles. The SMILES string of the molecule is O=C1NCC2CN(S)CCC12. The number of piperidine rings is 1. The van der Waals surface area contributed by atoms with Gasteiger partial charge >= 0.3 is 0 Å². The average Bonchev–Trinajstić information content (AvgIpc) is 2.32. The number of hydrogen-bond donors (Lipinski definition) is 2. The maximum absolute atomic E-state index is 11.2. The Kier molecular flexibility index (Phi) is 1.81. The van der Waals surface area contributed by atoms with Crippen LogP contribution in [-0.4, -0.2) is 29.8 Å². The van der Waals surface area contributed by atoms with E-state index in [0.717, 1.165) is 26.1 Å². The van der Waals surface area contributed by atoms with E-state index in [-0.39, 0.29) is 11.8 Å². The fourth-order valence-corrected chi connectivity index (χ4v) is 2.25. The molecule has 1 N–H and O–H groups in total. The molecule has 3 nitrogen and oxygen atoms in total. The number of fused-ring (bicyclic) bond motifs is 1. The minimum absolute atomic E-state index is 0.247. The van der Waals surface area contributed by atoms with Crippen molar-refractivity contribution in [1.82, 2.24) is 9.62 Å². The Balaban J connectivity index is 2.06. The number of amides is 1. The van der Waals surface area contributed by atoms with Crippen LogP contribution in [0.25, 0.3) is 0 Å². The van der Waals surface area contributed by atoms with Crippen LogP contribution < -0.4 is 5.32 Å². The van der Waals surface area contributed by atoms with Gasteiger partial charge in [0.05, 0.1) is 0 Å². The first-order valence-electron chi connectivity index (χ1n) is 3.99. The normalized spacial score (nSPS) is 38.5. The highest BCUT2D eigenvalue weighted by molar-refractivity contribution is 7.77. The number of nitrogens with one attached hydrogen (secondary N) is 1. The highest BCUT2D eigenvalue weighted by atomic mass is 32.1. The van der Waals surface area contributed by atoms with E-state index in [9.17, 15) is 4.79 Å². The lowest BCUT2D eigenvalue weighted by atomic mass is 9.89. The molecule has 0 aromatic heterocycles. The molecule has 0 aliphatic carbocycles. The number of hydrogen-bond acceptors (Lipinski definition) is 3. The summed E-state index contributed by atoms with van der Waals surface area (Å²) in [5.41, 5.74) is 0. The number of rotatable bonds is 0. The molecule has 2 aliphatic rings. The number of carbonyl (C=O) groups excluding carboxylic acids is 1. The Hall–Kier alpha value is -0.220. The van der Waals surface area contributed by atoms with E-state index in [1.165, 1.54) is 0 Å². The molecule has 4 heteroatoms. The molecule has 0 spiro atoms. The Morgan fingerprint density at radius 3 is 3.27 bits per heavy atom. The van der Waals surface area contributed by atoms with Crippen LogP contribution in [0.2, 0.25) is 0 Å². The topological polar surface area (TPSA) is 32.3 Å². The molecular formula is C7H12N2OS. The molecule has 2 aliphatic heterocycles. The van der Waals surface area contributed by atoms with Crippen molar-refractivity contribution < 1.29 is 4.79 Å². The van der Waals surface area contributed by atoms with Crippen molar-refractivity contribution in [2.45, 2.75) is 6.42 Å². The van der Waals surface area contributed by atoms with Crippen LogP contribution in [0.5, 0.6) is 0 Å². The van der Waals surface area contributed by atoms with E-state index >= 15 is 0 Å². The van der Waals surface area contributed by atoms with Gasteiger partial charge in [0.2, 0.25) is 5.91 Å². The Bertz CT molecular complexity index is 185. The highest BCUT2D eigenvalue weighted by Crippen LogP contribution is 2.27. The quantitative estimate of drug-likeness (QED) is 0.500. The molecule has 0 saturated carbocycles. The van der Waals surface area contributed by atoms with E-state index in [1.807, 2.05) is 4.31 Å². The lowest BCUT2D eigenvalue weighted by molar-refractivity contribution is -0.123. The maximum Gasteiger partial charge on any atom is 0.223 e. The van der Waals surface area contributed by atoms with Gasteiger partial charge in [-0.25, -0.2) is 0 Å². The van der Waals surface area contributed by atoms with Gasteiger partial charge in [-0.1, -0.05) is 12.8 Å². The Morgan fingerprint density at radius 2 is 2.45 bits per heavy atom. The summed E-state index contributed by atoms with van der Waals surface area (Å²) in [4.78, 5) is 11.2. The summed E-state index contributed by atoms with van der Waals surface area (Å²) in [5.74, 6) is 1.03. The van der Waals surface area contributed by atoms with Crippen molar-refractivity contribution in [3.05, 3.63) is 0 Å². The molecule has 0 aromatic rings. The van der Waals surface area contributed by atoms with Crippen LogP contribution in [0.15, 0.2) is 0 Å². The highest BCUT2D eigenvalue weighted by Gasteiger charge is 2.37. The smallest absolute Gasteiger partial charge is 0.223 e. The van der Waals surface area contributed by atoms with Gasteiger partial charge in [-0.2, -0.15) is 0 Å². The van der Waals surface area contributed by atoms with E-state index < -0.39 is 0 Å². The second-order valence-electron chi connectivity index (χ2n) is 3.31. The largest absolute Gasteiger partial charge is 0.355 e. The lowest BCUT2D eigenvalue weighted by Crippen LogP contribution is -2.35. The summed E-state index contributed by atoms with van der Waals surface area (Å²) in [5, 5.41) is 2.88. The Morgan fingerprint density at radius 1 is 1.64 bits per heavy atom. The van der Waals surface area contributed by atoms with Crippen molar-refractivity contribution in [3.8, 4) is 0 Å². The second kappa shape index (κ2) is 2.68. The summed E-state index contributed by atoms with van der Waals surface area (Å²) >= 11 is 4.27. The predicted molar refractivity (Wildman–Crippen MR) is 45.2 cm³/mol. The zero-order valence-corrected chi connectivity index (χ0v) is 7.18. The van der Waals surface area contributed by atoms with E-state index in [2.05, 4.69) is 18.1 Å².